The van der Waals surface area contributed by atoms with Crippen molar-refractivity contribution in [1.82, 2.24) is 12.7 Å². The van der Waals surface area contributed by atoms with Crippen LogP contribution in [0.15, 0.2) is 14.4 Å². The second kappa shape index (κ2) is 2.80. The van der Waals surface area contributed by atoms with Gasteiger partial charge in [0.25, 0.3) is 0 Å². The average Bonchev–Trinajstić information content (AvgIpc) is 2.08. The average molecular weight is 212 g/mol. The smallest absolute Gasteiger partial charge is 0.246 e. The molecule has 0 spiro atoms. The maximum absolute atomic E-state index is 10.9. The van der Waals surface area contributed by atoms with Gasteiger partial charge in [-0.15, -0.1) is 8.17 Å². The topological polar surface area (TPSA) is 66.0 Å². The summed E-state index contributed by atoms with van der Waals surface area (Å²) in [6.07, 6.45) is 0. The molecule has 1 rings (SSSR count). The van der Waals surface area contributed by atoms with E-state index in [-0.39, 0.29) is 8.17 Å². The van der Waals surface area contributed by atoms with Crippen LogP contribution in [-0.4, -0.2) is 12.7 Å². The molecular weight excluding hydrogens is 209 g/mol. The van der Waals surface area contributed by atoms with Crippen molar-refractivity contribution >= 4 is 23.6 Å². The molecule has 1 aromatic rings. The maximum atomic E-state index is 10.9. The minimum atomic E-state index is -1.08. The van der Waals surface area contributed by atoms with Crippen molar-refractivity contribution in [3.8, 4) is 0 Å². The van der Waals surface area contributed by atoms with E-state index in [1.165, 1.54) is 0 Å². The van der Waals surface area contributed by atoms with Crippen LogP contribution in [0, 0.1) is 0 Å². The van der Waals surface area contributed by atoms with E-state index < -0.39 is 17.1 Å². The van der Waals surface area contributed by atoms with Gasteiger partial charge in [-0.25, -0.2) is 19.0 Å². The lowest BCUT2D eigenvalue weighted by Crippen LogP contribution is -2.48. The van der Waals surface area contributed by atoms with Gasteiger partial charge in [0, 0.05) is 30.6 Å². The van der Waals surface area contributed by atoms with Crippen molar-refractivity contribution in [2.24, 2.45) is 7.05 Å². The molecule has 0 unspecified atom stereocenters. The third kappa shape index (κ3) is 1.09. The largest absolute Gasteiger partial charge is 0.366 e. The van der Waals surface area contributed by atoms with Gasteiger partial charge in [0.15, 0.2) is 0 Å². The van der Waals surface area contributed by atoms with Crippen LogP contribution in [-0.2, 0) is 7.05 Å². The van der Waals surface area contributed by atoms with Crippen LogP contribution >= 0.6 is 23.6 Å². The predicted octanol–water partition coefficient (Wildman–Crippen LogP) is -1.29. The van der Waals surface area contributed by atoms with Gasteiger partial charge >= 0.3 is 17.1 Å². The van der Waals surface area contributed by atoms with Gasteiger partial charge in [-0.2, -0.15) is 0 Å². The predicted molar refractivity (Wildman–Crippen MR) is 42.7 cm³/mol. The van der Waals surface area contributed by atoms with Gasteiger partial charge in [-0.3, -0.25) is 0 Å². The zero-order valence-corrected chi connectivity index (χ0v) is 7.33. The molecule has 12 heavy (non-hydrogen) atoms. The Balaban J connectivity index is 4.00. The first-order chi connectivity index (χ1) is 5.46. The van der Waals surface area contributed by atoms with Crippen LogP contribution in [0.4, 0.5) is 0 Å². The first kappa shape index (κ1) is 9.08. The van der Waals surface area contributed by atoms with E-state index in [0.29, 0.717) is 4.57 Å². The molecule has 0 N–H and O–H groups in total. The van der Waals surface area contributed by atoms with Gasteiger partial charge in [0.2, 0.25) is 0 Å². The minimum Gasteiger partial charge on any atom is -0.246 e. The van der Waals surface area contributed by atoms with E-state index in [4.69, 9.17) is 23.6 Å². The van der Waals surface area contributed by atoms with E-state index in [2.05, 4.69) is 0 Å². The third-order valence-electron chi connectivity index (χ3n) is 1.25. The minimum absolute atomic E-state index is 0.217. The molecule has 0 aliphatic heterocycles. The molecule has 0 radical (unpaired) electrons. The van der Waals surface area contributed by atoms with Crippen molar-refractivity contribution in [1.29, 1.82) is 0 Å². The molecule has 0 bridgehead atoms. The van der Waals surface area contributed by atoms with Crippen molar-refractivity contribution in [2.75, 3.05) is 0 Å². The van der Waals surface area contributed by atoms with E-state index in [1.807, 2.05) is 0 Å². The third-order valence-corrected chi connectivity index (χ3v) is 1.82. The summed E-state index contributed by atoms with van der Waals surface area (Å²) in [5.41, 5.74) is -2.93. The monoisotopic (exact) mass is 211 g/mol. The molecule has 0 aromatic carbocycles. The molecule has 1 aromatic heterocycles. The summed E-state index contributed by atoms with van der Waals surface area (Å²) in [5, 5.41) is 0. The second-order valence-corrected chi connectivity index (χ2v) is 2.64. The molecule has 0 aliphatic carbocycles. The number of rotatable bonds is 0. The fourth-order valence-electron chi connectivity index (χ4n) is 0.586. The van der Waals surface area contributed by atoms with Crippen molar-refractivity contribution in [3.05, 3.63) is 31.5 Å². The number of halogens is 2. The molecule has 0 saturated carbocycles. The Morgan fingerprint density at radius 1 is 0.917 bits per heavy atom. The van der Waals surface area contributed by atoms with Gasteiger partial charge in [0.05, 0.1) is 0 Å². The summed E-state index contributed by atoms with van der Waals surface area (Å²) in [7, 11) is 1.15. The molecule has 0 fully saturated rings. The zero-order valence-electron chi connectivity index (χ0n) is 5.82. The van der Waals surface area contributed by atoms with E-state index in [0.717, 1.165) is 7.05 Å². The molecule has 0 amide bonds. The highest BCUT2D eigenvalue weighted by atomic mass is 35.5. The van der Waals surface area contributed by atoms with Gasteiger partial charge < -0.3 is 0 Å². The summed E-state index contributed by atoms with van der Waals surface area (Å²) in [5.74, 6) is 0. The lowest BCUT2D eigenvalue weighted by atomic mass is 10.9. The molecule has 8 heteroatoms. The molecule has 0 aliphatic rings. The van der Waals surface area contributed by atoms with Crippen LogP contribution in [0.5, 0.6) is 0 Å². The van der Waals surface area contributed by atoms with Gasteiger partial charge in [0.1, 0.15) is 0 Å². The van der Waals surface area contributed by atoms with Crippen LogP contribution in [0.1, 0.15) is 0 Å². The van der Waals surface area contributed by atoms with Gasteiger partial charge in [-0.05, 0) is 0 Å². The van der Waals surface area contributed by atoms with Crippen LogP contribution in [0.3, 0.4) is 0 Å². The quantitative estimate of drug-likeness (QED) is 0.537. The Hall–Kier alpha value is -1.01. The second-order valence-electron chi connectivity index (χ2n) is 1.97. The van der Waals surface area contributed by atoms with Crippen LogP contribution in [0.25, 0.3) is 0 Å². The Labute approximate surface area is 75.4 Å². The fraction of sp³-hybridized carbons (Fsp3) is 0.250. The van der Waals surface area contributed by atoms with E-state index >= 15 is 0 Å². The summed E-state index contributed by atoms with van der Waals surface area (Å²) in [6, 6.07) is 0. The number of nitrogens with zero attached hydrogens (tertiary/aromatic N) is 3. The van der Waals surface area contributed by atoms with Crippen LogP contribution < -0.4 is 17.1 Å². The Morgan fingerprint density at radius 3 is 1.58 bits per heavy atom. The highest BCUT2D eigenvalue weighted by Crippen LogP contribution is 1.74. The zero-order chi connectivity index (χ0) is 9.46. The van der Waals surface area contributed by atoms with Crippen molar-refractivity contribution < 1.29 is 0 Å². The first-order valence-electron chi connectivity index (χ1n) is 2.74. The number of hydrogen-bond donors (Lipinski definition) is 0. The molecule has 0 saturated heterocycles. The highest BCUT2D eigenvalue weighted by Gasteiger charge is 2.08. The maximum Gasteiger partial charge on any atom is 0.366 e. The Bertz CT molecular complexity index is 380. The molecule has 6 nitrogen and oxygen atoms in total. The van der Waals surface area contributed by atoms with Crippen molar-refractivity contribution in [3.63, 3.8) is 0 Å². The van der Waals surface area contributed by atoms with E-state index in [1.54, 1.807) is 0 Å². The normalized spacial score (nSPS) is 10.2. The fourth-order valence-corrected chi connectivity index (χ4v) is 1.00. The van der Waals surface area contributed by atoms with Gasteiger partial charge in [-0.1, -0.05) is 0 Å². The van der Waals surface area contributed by atoms with Crippen LogP contribution in [0.2, 0.25) is 0 Å². The SMILES string of the molecule is Cn1c(=O)n(Cl)c(=O)n(Cl)c1=O. The molecule has 0 atom stereocenters. The highest BCUT2D eigenvalue weighted by molar-refractivity contribution is 6.17. The molecule has 1 heterocycles. The number of aromatic nitrogens is 3. The number of hydrogen-bond acceptors (Lipinski definition) is 3. The lowest BCUT2D eigenvalue weighted by molar-refractivity contribution is 0.667. The molecular formula is C4H3Cl2N3O3. The standard InChI is InChI=1S/C4H3Cl2N3O3/c1-7-2(10)8(5)4(12)9(6)3(7)11/h1H3. The summed E-state index contributed by atoms with van der Waals surface area (Å²) >= 11 is 10.4. The Morgan fingerprint density at radius 2 is 1.25 bits per heavy atom. The summed E-state index contributed by atoms with van der Waals surface area (Å²) < 4.78 is 1.05. The summed E-state index contributed by atoms with van der Waals surface area (Å²) in [6.45, 7) is 0. The lowest BCUT2D eigenvalue weighted by Gasteiger charge is -1.98. The van der Waals surface area contributed by atoms with Crippen molar-refractivity contribution in [2.45, 2.75) is 0 Å². The molecule has 66 valence electrons. The van der Waals surface area contributed by atoms with E-state index in [9.17, 15) is 14.4 Å². The Kier molecular flexibility index (Phi) is 2.12. The first-order valence-corrected chi connectivity index (χ1v) is 3.42. The summed E-state index contributed by atoms with van der Waals surface area (Å²) in [4.78, 5) is 32.6.